The van der Waals surface area contributed by atoms with Crippen LogP contribution in [0.15, 0.2) is 48.7 Å². The minimum Gasteiger partial charge on any atom is -0.453 e. The van der Waals surface area contributed by atoms with Gasteiger partial charge in [-0.3, -0.25) is 9.59 Å². The number of imidazole rings is 2. The van der Waals surface area contributed by atoms with Crippen LogP contribution in [0.3, 0.4) is 0 Å². The second-order valence-corrected chi connectivity index (χ2v) is 14.5. The normalized spacial score (nSPS) is 18.0. The Kier molecular flexibility index (Phi) is 11.5. The number of alkyl carbamates (subject to hydrolysis) is 2. The minimum atomic E-state index is -0.697. The van der Waals surface area contributed by atoms with Crippen LogP contribution >= 0.6 is 0 Å². The summed E-state index contributed by atoms with van der Waals surface area (Å²) < 4.78 is 9.49. The van der Waals surface area contributed by atoms with Crippen molar-refractivity contribution < 1.29 is 28.7 Å². The molecule has 4 N–H and O–H groups in total. The average molecular weight is 737 g/mol. The van der Waals surface area contributed by atoms with Gasteiger partial charge in [0.05, 0.1) is 49.2 Å². The van der Waals surface area contributed by atoms with E-state index in [1.54, 1.807) is 16.0 Å². The van der Waals surface area contributed by atoms with Crippen molar-refractivity contribution in [2.75, 3.05) is 27.3 Å². The van der Waals surface area contributed by atoms with Crippen LogP contribution in [0.5, 0.6) is 0 Å². The number of fused-ring (bicyclic) bond motifs is 1. The smallest absolute Gasteiger partial charge is 0.407 e. The van der Waals surface area contributed by atoms with Crippen LogP contribution in [0, 0.1) is 23.7 Å². The van der Waals surface area contributed by atoms with Gasteiger partial charge in [-0.2, -0.15) is 0 Å². The Morgan fingerprint density at radius 1 is 0.759 bits per heavy atom. The number of carbonyl (C=O) groups excluding carboxylic acids is 4. The predicted octanol–water partition coefficient (Wildman–Crippen LogP) is 5.44. The van der Waals surface area contributed by atoms with Crippen molar-refractivity contribution in [1.82, 2.24) is 40.4 Å². The highest BCUT2D eigenvalue weighted by atomic mass is 16.5. The summed E-state index contributed by atoms with van der Waals surface area (Å²) in [5, 5.41) is 5.37. The highest BCUT2D eigenvalue weighted by molar-refractivity contribution is 5.87. The van der Waals surface area contributed by atoms with Crippen LogP contribution in [0.4, 0.5) is 9.59 Å². The zero-order valence-electron chi connectivity index (χ0n) is 31.6. The summed E-state index contributed by atoms with van der Waals surface area (Å²) in [6, 6.07) is 11.9. The van der Waals surface area contributed by atoms with E-state index in [2.05, 4.69) is 37.4 Å². The maximum Gasteiger partial charge on any atom is 0.407 e. The summed E-state index contributed by atoms with van der Waals surface area (Å²) in [7, 11) is 2.57. The van der Waals surface area contributed by atoms with E-state index in [0.717, 1.165) is 59.1 Å². The van der Waals surface area contributed by atoms with Crippen molar-refractivity contribution in [2.24, 2.45) is 11.8 Å². The van der Waals surface area contributed by atoms with Crippen molar-refractivity contribution in [1.29, 1.82) is 0 Å². The standard InChI is InChI=1S/C40H48N8O6/c1-23(2)33(45-39(51)53-5)37(49)47-19-7-9-31(47)35-41-22-30(44-35)27-16-13-25(14-17-27)11-12-26-15-18-28-29(21-26)43-36(42-28)32-10-8-20-48(32)38(50)34(24(3)4)46-40(52)54-6/h13-18,21-24,31-34H,7-10,19-20H2,1-6H3,(H,41,44)(H,42,43)(H,45,51)(H,46,52)/t31-,32-,33-,34?/m0/s1. The lowest BCUT2D eigenvalue weighted by molar-refractivity contribution is -0.136. The van der Waals surface area contributed by atoms with Crippen LogP contribution in [-0.4, -0.2) is 93.1 Å². The summed E-state index contributed by atoms with van der Waals surface area (Å²) in [4.78, 5) is 70.8. The molecule has 4 atom stereocenters. The van der Waals surface area contributed by atoms with Gasteiger partial charge in [0.15, 0.2) is 0 Å². The highest BCUT2D eigenvalue weighted by Crippen LogP contribution is 2.34. The van der Waals surface area contributed by atoms with Gasteiger partial charge in [0.25, 0.3) is 0 Å². The molecule has 14 heteroatoms. The van der Waals surface area contributed by atoms with Gasteiger partial charge in [-0.25, -0.2) is 19.6 Å². The Labute approximate surface area is 314 Å². The topological polar surface area (TPSA) is 175 Å². The zero-order chi connectivity index (χ0) is 38.5. The van der Waals surface area contributed by atoms with Crippen molar-refractivity contribution in [3.63, 3.8) is 0 Å². The van der Waals surface area contributed by atoms with Crippen LogP contribution in [0.25, 0.3) is 22.3 Å². The Morgan fingerprint density at radius 2 is 1.30 bits per heavy atom. The molecule has 4 amide bonds. The van der Waals surface area contributed by atoms with E-state index in [4.69, 9.17) is 14.5 Å². The zero-order valence-corrected chi connectivity index (χ0v) is 31.6. The average Bonchev–Trinajstić information content (AvgIpc) is 4.00. The summed E-state index contributed by atoms with van der Waals surface area (Å²) >= 11 is 0. The molecule has 284 valence electrons. The summed E-state index contributed by atoms with van der Waals surface area (Å²) in [5.41, 5.74) is 5.05. The minimum absolute atomic E-state index is 0.109. The monoisotopic (exact) mass is 736 g/mol. The van der Waals surface area contributed by atoms with Gasteiger partial charge in [0, 0.05) is 24.2 Å². The number of benzene rings is 2. The Hall–Kier alpha value is -5.84. The summed E-state index contributed by atoms with van der Waals surface area (Å²) in [6.07, 6.45) is 3.74. The molecule has 2 saturated heterocycles. The van der Waals surface area contributed by atoms with Gasteiger partial charge in [-0.1, -0.05) is 51.7 Å². The first-order chi connectivity index (χ1) is 26.0. The van der Waals surface area contributed by atoms with Gasteiger partial charge in [-0.05, 0) is 73.4 Å². The number of nitrogens with one attached hydrogen (secondary N) is 4. The number of amides is 4. The third-order valence-corrected chi connectivity index (χ3v) is 10.1. The number of carbonyl (C=O) groups is 4. The number of hydrogen-bond donors (Lipinski definition) is 4. The van der Waals surface area contributed by atoms with Gasteiger partial charge in [-0.15, -0.1) is 0 Å². The number of ether oxygens (including phenoxy) is 2. The number of aromatic amines is 2. The molecule has 0 spiro atoms. The largest absolute Gasteiger partial charge is 0.453 e. The highest BCUT2D eigenvalue weighted by Gasteiger charge is 2.39. The van der Waals surface area contributed by atoms with Crippen molar-refractivity contribution in [2.45, 2.75) is 77.5 Å². The van der Waals surface area contributed by atoms with E-state index in [9.17, 15) is 19.2 Å². The maximum atomic E-state index is 13.5. The molecule has 1 unspecified atom stereocenters. The quantitative estimate of drug-likeness (QED) is 0.164. The van der Waals surface area contributed by atoms with Crippen molar-refractivity contribution in [3.05, 3.63) is 71.4 Å². The number of aromatic nitrogens is 4. The third-order valence-electron chi connectivity index (χ3n) is 10.1. The van der Waals surface area contributed by atoms with Gasteiger partial charge < -0.3 is 39.9 Å². The van der Waals surface area contributed by atoms with E-state index in [1.165, 1.54) is 14.2 Å². The fraction of sp³-hybridized carbons (Fsp3) is 0.450. The second-order valence-electron chi connectivity index (χ2n) is 14.5. The molecular weight excluding hydrogens is 688 g/mol. The first kappa shape index (κ1) is 37.9. The first-order valence-corrected chi connectivity index (χ1v) is 18.4. The molecule has 14 nitrogen and oxygen atoms in total. The van der Waals surface area contributed by atoms with Crippen LogP contribution in [0.1, 0.15) is 88.2 Å². The molecule has 6 rings (SSSR count). The lowest BCUT2D eigenvalue weighted by Crippen LogP contribution is -2.51. The molecule has 2 aromatic carbocycles. The Bertz CT molecular complexity index is 2060. The molecule has 2 fully saturated rings. The Balaban J connectivity index is 1.12. The molecule has 2 aromatic heterocycles. The predicted molar refractivity (Wildman–Crippen MR) is 202 cm³/mol. The van der Waals surface area contributed by atoms with Crippen LogP contribution in [-0.2, 0) is 19.1 Å². The first-order valence-electron chi connectivity index (χ1n) is 18.4. The lowest BCUT2D eigenvalue weighted by atomic mass is 10.0. The molecule has 2 aliphatic rings. The number of likely N-dealkylation sites (tertiary alicyclic amines) is 2. The molecule has 4 aromatic rings. The molecule has 54 heavy (non-hydrogen) atoms. The van der Waals surface area contributed by atoms with Gasteiger partial charge >= 0.3 is 12.2 Å². The summed E-state index contributed by atoms with van der Waals surface area (Å²) in [6.45, 7) is 8.75. The molecule has 0 aliphatic carbocycles. The molecule has 0 radical (unpaired) electrons. The van der Waals surface area contributed by atoms with Crippen molar-refractivity contribution >= 4 is 35.0 Å². The van der Waals surface area contributed by atoms with E-state index < -0.39 is 24.3 Å². The van der Waals surface area contributed by atoms with E-state index in [-0.39, 0.29) is 35.7 Å². The third kappa shape index (κ3) is 8.20. The molecule has 4 heterocycles. The summed E-state index contributed by atoms with van der Waals surface area (Å²) in [5.74, 6) is 7.40. The molecule has 2 aliphatic heterocycles. The second kappa shape index (κ2) is 16.4. The van der Waals surface area contributed by atoms with Crippen LogP contribution < -0.4 is 10.6 Å². The fourth-order valence-corrected chi connectivity index (χ4v) is 7.18. The Morgan fingerprint density at radius 3 is 1.85 bits per heavy atom. The molecular formula is C40H48N8O6. The van der Waals surface area contributed by atoms with E-state index >= 15 is 0 Å². The van der Waals surface area contributed by atoms with E-state index in [0.29, 0.717) is 24.7 Å². The number of rotatable bonds is 9. The molecule has 0 bridgehead atoms. The van der Waals surface area contributed by atoms with Gasteiger partial charge in [0.1, 0.15) is 23.7 Å². The molecule has 0 saturated carbocycles. The van der Waals surface area contributed by atoms with Crippen molar-refractivity contribution in [3.8, 4) is 23.1 Å². The van der Waals surface area contributed by atoms with E-state index in [1.807, 2.05) is 70.2 Å². The fourth-order valence-electron chi connectivity index (χ4n) is 7.18. The van der Waals surface area contributed by atoms with Gasteiger partial charge in [0.2, 0.25) is 11.8 Å². The SMILES string of the molecule is COC(=O)NC(C(=O)N1CCC[C@H]1c1nc2ccc(C#Cc3ccc(-c4cnc([C@@H]5CCCN5C(=O)[C@@H](NC(=O)OC)C(C)C)[nH]4)cc3)cc2[nH]1)C(C)C. The van der Waals surface area contributed by atoms with Crippen LogP contribution in [0.2, 0.25) is 0 Å². The number of hydrogen-bond acceptors (Lipinski definition) is 8. The lowest BCUT2D eigenvalue weighted by Gasteiger charge is -2.30. The maximum absolute atomic E-state index is 13.5. The number of H-pyrrole nitrogens is 2. The number of methoxy groups -OCH3 is 2. The number of nitrogens with zero attached hydrogens (tertiary/aromatic N) is 4.